The second-order valence-corrected chi connectivity index (χ2v) is 5.74. The lowest BCUT2D eigenvalue weighted by molar-refractivity contribution is 0.463. The third-order valence-electron chi connectivity index (χ3n) is 3.05. The summed E-state index contributed by atoms with van der Waals surface area (Å²) in [4.78, 5) is 6.23. The molecule has 1 aliphatic heterocycles. The molecule has 0 unspecified atom stereocenters. The van der Waals surface area contributed by atoms with Crippen LogP contribution in [0.4, 0.5) is 0 Å². The number of thiazole rings is 1. The van der Waals surface area contributed by atoms with Gasteiger partial charge in [0.1, 0.15) is 0 Å². The number of piperidine rings is 1. The van der Waals surface area contributed by atoms with Gasteiger partial charge in [-0.15, -0.1) is 11.3 Å². The molecule has 1 N–H and O–H groups in total. The van der Waals surface area contributed by atoms with E-state index in [1.165, 1.54) is 36.6 Å². The molecular weight excluding hydrogens is 204 g/mol. The molecule has 3 heteroatoms. The summed E-state index contributed by atoms with van der Waals surface area (Å²) in [5, 5.41) is 4.72. The van der Waals surface area contributed by atoms with Crippen molar-refractivity contribution in [2.24, 2.45) is 0 Å². The van der Waals surface area contributed by atoms with Crippen LogP contribution in [0.2, 0.25) is 0 Å². The van der Waals surface area contributed by atoms with E-state index in [1.807, 2.05) is 11.3 Å². The number of nitrogens with one attached hydrogen (secondary N) is 1. The first-order chi connectivity index (χ1) is 7.18. The summed E-state index contributed by atoms with van der Waals surface area (Å²) in [5.74, 6) is 1.33. The third kappa shape index (κ3) is 2.40. The Morgan fingerprint density at radius 2 is 2.00 bits per heavy atom. The van der Waals surface area contributed by atoms with Crippen LogP contribution in [-0.2, 0) is 0 Å². The van der Waals surface area contributed by atoms with Crippen molar-refractivity contribution in [3.8, 4) is 0 Å². The van der Waals surface area contributed by atoms with Crippen LogP contribution in [0.3, 0.4) is 0 Å². The summed E-state index contributed by atoms with van der Waals surface area (Å²) >= 11 is 1.94. The minimum atomic E-state index is 0.573. The van der Waals surface area contributed by atoms with Gasteiger partial charge in [-0.2, -0.15) is 0 Å². The minimum absolute atomic E-state index is 0.573. The third-order valence-corrected chi connectivity index (χ3v) is 4.67. The fourth-order valence-electron chi connectivity index (χ4n) is 2.14. The highest BCUT2D eigenvalue weighted by molar-refractivity contribution is 7.11. The van der Waals surface area contributed by atoms with Crippen molar-refractivity contribution in [2.45, 2.75) is 45.4 Å². The van der Waals surface area contributed by atoms with Crippen molar-refractivity contribution in [1.29, 1.82) is 0 Å². The molecule has 0 atom stereocenters. The highest BCUT2D eigenvalue weighted by atomic mass is 32.1. The lowest BCUT2D eigenvalue weighted by atomic mass is 9.96. The average Bonchev–Trinajstić information content (AvgIpc) is 2.62. The van der Waals surface area contributed by atoms with Gasteiger partial charge in [0.2, 0.25) is 0 Å². The summed E-state index contributed by atoms with van der Waals surface area (Å²) in [6.07, 6.45) is 2.56. The molecular formula is C12H20N2S. The Bertz CT molecular complexity index is 324. The molecule has 0 bridgehead atoms. The molecule has 0 spiro atoms. The van der Waals surface area contributed by atoms with Crippen molar-refractivity contribution in [3.63, 3.8) is 0 Å². The molecule has 2 nitrogen and oxygen atoms in total. The van der Waals surface area contributed by atoms with Gasteiger partial charge in [0.25, 0.3) is 0 Å². The molecule has 1 aliphatic rings. The summed E-state index contributed by atoms with van der Waals surface area (Å²) in [7, 11) is 0. The van der Waals surface area contributed by atoms with E-state index in [1.54, 1.807) is 4.88 Å². The van der Waals surface area contributed by atoms with Gasteiger partial charge in [0.15, 0.2) is 0 Å². The zero-order valence-electron chi connectivity index (χ0n) is 9.84. The molecule has 2 rings (SSSR count). The standard InChI is InChI=1S/C12H20N2S/c1-8(2)12-14-9(3)11(15-12)10-4-6-13-7-5-10/h8,10,13H,4-7H2,1-3H3. The monoisotopic (exact) mass is 224 g/mol. The van der Waals surface area contributed by atoms with Gasteiger partial charge in [0, 0.05) is 10.8 Å². The van der Waals surface area contributed by atoms with E-state index in [-0.39, 0.29) is 0 Å². The van der Waals surface area contributed by atoms with Crippen molar-refractivity contribution in [3.05, 3.63) is 15.6 Å². The maximum atomic E-state index is 4.68. The molecule has 0 saturated carbocycles. The quantitative estimate of drug-likeness (QED) is 0.835. The molecule has 84 valence electrons. The van der Waals surface area contributed by atoms with E-state index in [2.05, 4.69) is 31.1 Å². The second-order valence-electron chi connectivity index (χ2n) is 4.68. The van der Waals surface area contributed by atoms with Crippen molar-refractivity contribution in [2.75, 3.05) is 13.1 Å². The molecule has 15 heavy (non-hydrogen) atoms. The average molecular weight is 224 g/mol. The van der Waals surface area contributed by atoms with Gasteiger partial charge >= 0.3 is 0 Å². The van der Waals surface area contributed by atoms with Crippen molar-refractivity contribution >= 4 is 11.3 Å². The molecule has 1 saturated heterocycles. The predicted octanol–water partition coefficient (Wildman–Crippen LogP) is 3.04. The first-order valence-electron chi connectivity index (χ1n) is 5.86. The molecule has 0 aromatic carbocycles. The van der Waals surface area contributed by atoms with Gasteiger partial charge in [-0.1, -0.05) is 13.8 Å². The largest absolute Gasteiger partial charge is 0.317 e. The summed E-state index contributed by atoms with van der Waals surface area (Å²) in [6, 6.07) is 0. The van der Waals surface area contributed by atoms with E-state index >= 15 is 0 Å². The number of aromatic nitrogens is 1. The summed E-state index contributed by atoms with van der Waals surface area (Å²) in [6.45, 7) is 8.95. The van der Waals surface area contributed by atoms with Crippen LogP contribution >= 0.6 is 11.3 Å². The Hall–Kier alpha value is -0.410. The van der Waals surface area contributed by atoms with E-state index in [9.17, 15) is 0 Å². The van der Waals surface area contributed by atoms with Crippen LogP contribution < -0.4 is 5.32 Å². The van der Waals surface area contributed by atoms with E-state index in [4.69, 9.17) is 0 Å². The van der Waals surface area contributed by atoms with Gasteiger partial charge in [-0.25, -0.2) is 4.98 Å². The Labute approximate surface area is 96.1 Å². The van der Waals surface area contributed by atoms with E-state index < -0.39 is 0 Å². The van der Waals surface area contributed by atoms with E-state index in [0.29, 0.717) is 5.92 Å². The number of hydrogen-bond acceptors (Lipinski definition) is 3. The van der Waals surface area contributed by atoms with Crippen LogP contribution in [0.25, 0.3) is 0 Å². The summed E-state index contributed by atoms with van der Waals surface area (Å²) in [5.41, 5.74) is 1.27. The van der Waals surface area contributed by atoms with Crippen LogP contribution in [-0.4, -0.2) is 18.1 Å². The van der Waals surface area contributed by atoms with Gasteiger partial charge < -0.3 is 5.32 Å². The number of aryl methyl sites for hydroxylation is 1. The molecule has 1 aromatic heterocycles. The van der Waals surface area contributed by atoms with Gasteiger partial charge in [-0.3, -0.25) is 0 Å². The minimum Gasteiger partial charge on any atom is -0.317 e. The highest BCUT2D eigenvalue weighted by Gasteiger charge is 2.21. The molecule has 1 aromatic rings. The Morgan fingerprint density at radius 1 is 1.33 bits per heavy atom. The van der Waals surface area contributed by atoms with Crippen LogP contribution in [0.5, 0.6) is 0 Å². The molecule has 1 fully saturated rings. The van der Waals surface area contributed by atoms with Crippen LogP contribution in [0.15, 0.2) is 0 Å². The maximum Gasteiger partial charge on any atom is 0.0956 e. The second kappa shape index (κ2) is 4.62. The first kappa shape index (κ1) is 11.1. The molecule has 0 aliphatic carbocycles. The Kier molecular flexibility index (Phi) is 3.42. The predicted molar refractivity (Wildman–Crippen MR) is 65.8 cm³/mol. The van der Waals surface area contributed by atoms with E-state index in [0.717, 1.165) is 5.92 Å². The van der Waals surface area contributed by atoms with Crippen LogP contribution in [0, 0.1) is 6.92 Å². The van der Waals surface area contributed by atoms with Crippen LogP contribution in [0.1, 0.15) is 54.1 Å². The Morgan fingerprint density at radius 3 is 2.53 bits per heavy atom. The smallest absolute Gasteiger partial charge is 0.0956 e. The fraction of sp³-hybridized carbons (Fsp3) is 0.750. The first-order valence-corrected chi connectivity index (χ1v) is 6.68. The molecule has 0 amide bonds. The fourth-order valence-corrected chi connectivity index (χ4v) is 3.38. The van der Waals surface area contributed by atoms with Gasteiger partial charge in [0.05, 0.1) is 10.7 Å². The number of rotatable bonds is 2. The zero-order valence-corrected chi connectivity index (χ0v) is 10.7. The molecule has 0 radical (unpaired) electrons. The number of hydrogen-bond donors (Lipinski definition) is 1. The van der Waals surface area contributed by atoms with Crippen molar-refractivity contribution < 1.29 is 0 Å². The lowest BCUT2D eigenvalue weighted by Crippen LogP contribution is -2.26. The molecule has 2 heterocycles. The van der Waals surface area contributed by atoms with Gasteiger partial charge in [-0.05, 0) is 38.8 Å². The SMILES string of the molecule is Cc1nc(C(C)C)sc1C1CCNCC1. The maximum absolute atomic E-state index is 4.68. The van der Waals surface area contributed by atoms with Crippen molar-refractivity contribution in [1.82, 2.24) is 10.3 Å². The lowest BCUT2D eigenvalue weighted by Gasteiger charge is -2.21. The Balaban J connectivity index is 2.19. The normalized spacial score (nSPS) is 18.7. The highest BCUT2D eigenvalue weighted by Crippen LogP contribution is 2.34. The zero-order chi connectivity index (χ0) is 10.8. The topological polar surface area (TPSA) is 24.9 Å². The summed E-state index contributed by atoms with van der Waals surface area (Å²) < 4.78 is 0. The number of nitrogens with zero attached hydrogens (tertiary/aromatic N) is 1.